The highest BCUT2D eigenvalue weighted by molar-refractivity contribution is 7.89. The van der Waals surface area contributed by atoms with Gasteiger partial charge in [0.05, 0.1) is 17.4 Å². The second kappa shape index (κ2) is 8.91. The molecule has 0 spiro atoms. The third kappa shape index (κ3) is 4.64. The SMILES string of the molecule is CCOC(=O)C1CCN(S(=O)(=O)c2ccc(NC(=O)N3CCCC3)cc2)CC1. The summed E-state index contributed by atoms with van der Waals surface area (Å²) in [6.07, 6.45) is 2.94. The van der Waals surface area contributed by atoms with E-state index in [0.717, 1.165) is 25.9 Å². The van der Waals surface area contributed by atoms with Gasteiger partial charge in [-0.3, -0.25) is 4.79 Å². The number of nitrogens with zero attached hydrogens (tertiary/aromatic N) is 2. The first-order valence-electron chi connectivity index (χ1n) is 9.74. The zero-order valence-corrected chi connectivity index (χ0v) is 16.9. The highest BCUT2D eigenvalue weighted by Crippen LogP contribution is 2.25. The van der Waals surface area contributed by atoms with E-state index in [2.05, 4.69) is 5.32 Å². The second-order valence-electron chi connectivity index (χ2n) is 7.08. The van der Waals surface area contributed by atoms with E-state index in [0.29, 0.717) is 38.2 Å². The summed E-state index contributed by atoms with van der Waals surface area (Å²) in [4.78, 5) is 25.9. The van der Waals surface area contributed by atoms with Gasteiger partial charge < -0.3 is 15.0 Å². The molecule has 2 heterocycles. The topological polar surface area (TPSA) is 96.0 Å². The first-order chi connectivity index (χ1) is 13.4. The van der Waals surface area contributed by atoms with E-state index in [1.54, 1.807) is 24.0 Å². The predicted octanol–water partition coefficient (Wildman–Crippen LogP) is 2.28. The summed E-state index contributed by atoms with van der Waals surface area (Å²) < 4.78 is 32.1. The number of benzene rings is 1. The van der Waals surface area contributed by atoms with Crippen LogP contribution in [0.5, 0.6) is 0 Å². The lowest BCUT2D eigenvalue weighted by Crippen LogP contribution is -2.40. The van der Waals surface area contributed by atoms with E-state index in [9.17, 15) is 18.0 Å². The Hall–Kier alpha value is -2.13. The standard InChI is InChI=1S/C19H27N3O5S/c1-2-27-18(23)15-9-13-22(14-10-15)28(25,26)17-7-5-16(6-8-17)20-19(24)21-11-3-4-12-21/h5-8,15H,2-4,9-14H2,1H3,(H,20,24). The van der Waals surface area contributed by atoms with Crippen LogP contribution < -0.4 is 5.32 Å². The zero-order valence-electron chi connectivity index (χ0n) is 16.1. The predicted molar refractivity (Wildman–Crippen MR) is 104 cm³/mol. The molecule has 2 saturated heterocycles. The Labute approximate surface area is 165 Å². The van der Waals surface area contributed by atoms with Crippen molar-refractivity contribution in [2.45, 2.75) is 37.5 Å². The van der Waals surface area contributed by atoms with Crippen molar-refractivity contribution in [3.05, 3.63) is 24.3 Å². The Morgan fingerprint density at radius 1 is 1.07 bits per heavy atom. The molecule has 0 unspecified atom stereocenters. The van der Waals surface area contributed by atoms with Gasteiger partial charge in [0.1, 0.15) is 0 Å². The summed E-state index contributed by atoms with van der Waals surface area (Å²) in [6, 6.07) is 6.06. The minimum atomic E-state index is -3.63. The quantitative estimate of drug-likeness (QED) is 0.753. The third-order valence-electron chi connectivity index (χ3n) is 5.21. The maximum absolute atomic E-state index is 12.8. The van der Waals surface area contributed by atoms with Crippen molar-refractivity contribution in [1.82, 2.24) is 9.21 Å². The molecule has 0 atom stereocenters. The average molecular weight is 410 g/mol. The molecule has 9 heteroatoms. The van der Waals surface area contributed by atoms with Crippen molar-refractivity contribution < 1.29 is 22.7 Å². The number of piperidine rings is 1. The second-order valence-corrected chi connectivity index (χ2v) is 9.02. The van der Waals surface area contributed by atoms with Crippen molar-refractivity contribution in [2.24, 2.45) is 5.92 Å². The molecule has 0 aromatic heterocycles. The van der Waals surface area contributed by atoms with Gasteiger partial charge >= 0.3 is 12.0 Å². The smallest absolute Gasteiger partial charge is 0.321 e. The number of likely N-dealkylation sites (tertiary alicyclic amines) is 1. The molecular weight excluding hydrogens is 382 g/mol. The van der Waals surface area contributed by atoms with Gasteiger partial charge in [0.25, 0.3) is 0 Å². The third-order valence-corrected chi connectivity index (χ3v) is 7.12. The number of amides is 2. The van der Waals surface area contributed by atoms with Crippen LogP contribution in [0, 0.1) is 5.92 Å². The van der Waals surface area contributed by atoms with E-state index in [1.807, 2.05) is 0 Å². The Kier molecular flexibility index (Phi) is 6.56. The molecule has 2 aliphatic rings. The fraction of sp³-hybridized carbons (Fsp3) is 0.579. The number of hydrogen-bond acceptors (Lipinski definition) is 5. The lowest BCUT2D eigenvalue weighted by atomic mass is 9.98. The minimum Gasteiger partial charge on any atom is -0.466 e. The largest absolute Gasteiger partial charge is 0.466 e. The van der Waals surface area contributed by atoms with Crippen LogP contribution in [0.1, 0.15) is 32.6 Å². The van der Waals surface area contributed by atoms with Gasteiger partial charge in [-0.25, -0.2) is 13.2 Å². The van der Waals surface area contributed by atoms with E-state index >= 15 is 0 Å². The normalized spacial score (nSPS) is 18.8. The number of rotatable bonds is 5. The zero-order chi connectivity index (χ0) is 20.1. The molecule has 2 fully saturated rings. The molecule has 1 N–H and O–H groups in total. The van der Waals surface area contributed by atoms with Gasteiger partial charge in [0.15, 0.2) is 0 Å². The number of ether oxygens (including phenoxy) is 1. The van der Waals surface area contributed by atoms with Crippen LogP contribution in [-0.2, 0) is 19.6 Å². The van der Waals surface area contributed by atoms with Gasteiger partial charge in [-0.05, 0) is 56.9 Å². The number of urea groups is 1. The number of carbonyl (C=O) groups excluding carboxylic acids is 2. The van der Waals surface area contributed by atoms with Gasteiger partial charge in [-0.2, -0.15) is 4.31 Å². The molecule has 8 nitrogen and oxygen atoms in total. The maximum atomic E-state index is 12.8. The Morgan fingerprint density at radius 2 is 1.68 bits per heavy atom. The van der Waals surface area contributed by atoms with E-state index < -0.39 is 10.0 Å². The van der Waals surface area contributed by atoms with Gasteiger partial charge in [-0.15, -0.1) is 0 Å². The van der Waals surface area contributed by atoms with Crippen LogP contribution >= 0.6 is 0 Å². The lowest BCUT2D eigenvalue weighted by molar-refractivity contribution is -0.149. The van der Waals surface area contributed by atoms with Crippen molar-refractivity contribution in [3.8, 4) is 0 Å². The molecule has 1 aromatic rings. The number of nitrogens with one attached hydrogen (secondary N) is 1. The van der Waals surface area contributed by atoms with Crippen LogP contribution in [0.3, 0.4) is 0 Å². The van der Waals surface area contributed by atoms with Gasteiger partial charge in [0.2, 0.25) is 10.0 Å². The molecule has 1 aromatic carbocycles. The van der Waals surface area contributed by atoms with Gasteiger partial charge in [-0.1, -0.05) is 0 Å². The summed E-state index contributed by atoms with van der Waals surface area (Å²) in [7, 11) is -3.63. The number of anilines is 1. The molecule has 2 amide bonds. The van der Waals surface area contributed by atoms with Crippen molar-refractivity contribution in [3.63, 3.8) is 0 Å². The number of hydrogen-bond donors (Lipinski definition) is 1. The fourth-order valence-electron chi connectivity index (χ4n) is 3.57. The fourth-order valence-corrected chi connectivity index (χ4v) is 5.04. The van der Waals surface area contributed by atoms with E-state index in [4.69, 9.17) is 4.74 Å². The van der Waals surface area contributed by atoms with Crippen LogP contribution in [0.15, 0.2) is 29.2 Å². The number of sulfonamides is 1. The summed E-state index contributed by atoms with van der Waals surface area (Å²) >= 11 is 0. The van der Waals surface area contributed by atoms with E-state index in [1.165, 1.54) is 16.4 Å². The van der Waals surface area contributed by atoms with Gasteiger partial charge in [0, 0.05) is 31.9 Å². The van der Waals surface area contributed by atoms with Crippen LogP contribution in [0.2, 0.25) is 0 Å². The maximum Gasteiger partial charge on any atom is 0.321 e. The molecule has 0 radical (unpaired) electrons. The minimum absolute atomic E-state index is 0.158. The molecule has 154 valence electrons. The molecule has 0 aliphatic carbocycles. The summed E-state index contributed by atoms with van der Waals surface area (Å²) in [5, 5.41) is 2.80. The average Bonchev–Trinajstić information content (AvgIpc) is 3.24. The Morgan fingerprint density at radius 3 is 2.25 bits per heavy atom. The first kappa shape index (κ1) is 20.6. The van der Waals surface area contributed by atoms with Crippen molar-refractivity contribution in [2.75, 3.05) is 38.1 Å². The first-order valence-corrected chi connectivity index (χ1v) is 11.2. The molecule has 0 saturated carbocycles. The highest BCUT2D eigenvalue weighted by atomic mass is 32.2. The highest BCUT2D eigenvalue weighted by Gasteiger charge is 2.32. The van der Waals surface area contributed by atoms with Crippen molar-refractivity contribution in [1.29, 1.82) is 0 Å². The summed E-state index contributed by atoms with van der Waals surface area (Å²) in [5.74, 6) is -0.493. The van der Waals surface area contributed by atoms with E-state index in [-0.39, 0.29) is 22.8 Å². The van der Waals surface area contributed by atoms with Crippen LogP contribution in [-0.4, -0.2) is 62.4 Å². The Bertz CT molecular complexity index is 795. The summed E-state index contributed by atoms with van der Waals surface area (Å²) in [6.45, 7) is 4.17. The lowest BCUT2D eigenvalue weighted by Gasteiger charge is -2.30. The monoisotopic (exact) mass is 409 g/mol. The van der Waals surface area contributed by atoms with Crippen molar-refractivity contribution >= 4 is 27.7 Å². The number of carbonyl (C=O) groups is 2. The number of esters is 1. The molecule has 2 aliphatic heterocycles. The molecule has 0 bridgehead atoms. The van der Waals surface area contributed by atoms with Crippen LogP contribution in [0.4, 0.5) is 10.5 Å². The molecule has 3 rings (SSSR count). The molecule has 28 heavy (non-hydrogen) atoms. The summed E-state index contributed by atoms with van der Waals surface area (Å²) in [5.41, 5.74) is 0.567. The molecular formula is C19H27N3O5S. The Balaban J connectivity index is 1.59. The van der Waals surface area contributed by atoms with Crippen LogP contribution in [0.25, 0.3) is 0 Å².